The van der Waals surface area contributed by atoms with E-state index in [-0.39, 0.29) is 5.91 Å². The van der Waals surface area contributed by atoms with E-state index >= 15 is 0 Å². The fourth-order valence-corrected chi connectivity index (χ4v) is 1.46. The molecule has 90 valence electrons. The van der Waals surface area contributed by atoms with E-state index in [1.54, 1.807) is 48.8 Å². The lowest BCUT2D eigenvalue weighted by atomic mass is 10.2. The molecule has 2 aromatic rings. The molecule has 0 saturated heterocycles. The molecule has 0 aliphatic rings. The number of aromatic nitrogens is 1. The van der Waals surface area contributed by atoms with Gasteiger partial charge in [-0.25, -0.2) is 0 Å². The molecule has 0 saturated carbocycles. The summed E-state index contributed by atoms with van der Waals surface area (Å²) < 4.78 is 0. The molecule has 0 radical (unpaired) electrons. The van der Waals surface area contributed by atoms with Crippen molar-refractivity contribution in [2.45, 2.75) is 0 Å². The number of nitrogens with zero attached hydrogens (tertiary/aromatic N) is 1. The summed E-state index contributed by atoms with van der Waals surface area (Å²) in [5.74, 6) is -0.240. The van der Waals surface area contributed by atoms with Gasteiger partial charge >= 0.3 is 0 Å². The first-order valence-electron chi connectivity index (χ1n) is 5.31. The van der Waals surface area contributed by atoms with Crippen molar-refractivity contribution in [2.75, 3.05) is 10.6 Å². The van der Waals surface area contributed by atoms with Crippen molar-refractivity contribution >= 4 is 23.7 Å². The zero-order valence-corrected chi connectivity index (χ0v) is 9.46. The molecule has 0 atom stereocenters. The summed E-state index contributed by atoms with van der Waals surface area (Å²) in [5, 5.41) is 5.23. The molecule has 5 heteroatoms. The highest BCUT2D eigenvalue weighted by molar-refractivity contribution is 6.04. The van der Waals surface area contributed by atoms with Crippen molar-refractivity contribution in [3.8, 4) is 0 Å². The van der Waals surface area contributed by atoms with E-state index in [1.165, 1.54) is 0 Å². The van der Waals surface area contributed by atoms with Crippen molar-refractivity contribution in [1.82, 2.24) is 4.98 Å². The molecule has 18 heavy (non-hydrogen) atoms. The van der Waals surface area contributed by atoms with Gasteiger partial charge in [-0.2, -0.15) is 0 Å². The van der Waals surface area contributed by atoms with Crippen molar-refractivity contribution in [3.63, 3.8) is 0 Å². The number of hydrogen-bond acceptors (Lipinski definition) is 3. The third-order valence-corrected chi connectivity index (χ3v) is 2.29. The van der Waals surface area contributed by atoms with Gasteiger partial charge in [-0.15, -0.1) is 0 Å². The van der Waals surface area contributed by atoms with Crippen LogP contribution in [0.25, 0.3) is 0 Å². The smallest absolute Gasteiger partial charge is 0.255 e. The molecule has 2 amide bonds. The van der Waals surface area contributed by atoms with Crippen molar-refractivity contribution < 1.29 is 9.59 Å². The Hall–Kier alpha value is -2.69. The summed E-state index contributed by atoms with van der Waals surface area (Å²) in [6.07, 6.45) is 3.76. The zero-order valence-electron chi connectivity index (χ0n) is 9.46. The molecule has 0 aliphatic carbocycles. The van der Waals surface area contributed by atoms with Crippen LogP contribution in [0.1, 0.15) is 10.4 Å². The van der Waals surface area contributed by atoms with E-state index in [9.17, 15) is 9.59 Å². The Balaban J connectivity index is 2.13. The van der Waals surface area contributed by atoms with Crippen LogP contribution in [0.4, 0.5) is 11.4 Å². The maximum absolute atomic E-state index is 11.9. The molecule has 1 aromatic carbocycles. The number of pyridine rings is 1. The molecule has 1 heterocycles. The molecular formula is C13H11N3O2. The third kappa shape index (κ3) is 2.91. The molecule has 5 nitrogen and oxygen atoms in total. The Bertz CT molecular complexity index is 555. The van der Waals surface area contributed by atoms with Crippen LogP contribution in [0.2, 0.25) is 0 Å². The van der Waals surface area contributed by atoms with Gasteiger partial charge in [0.25, 0.3) is 5.91 Å². The number of anilines is 2. The van der Waals surface area contributed by atoms with Crippen LogP contribution in [-0.2, 0) is 4.79 Å². The fraction of sp³-hybridized carbons (Fsp3) is 0. The van der Waals surface area contributed by atoms with Gasteiger partial charge in [0.15, 0.2) is 0 Å². The molecular weight excluding hydrogens is 230 g/mol. The number of carbonyl (C=O) groups is 2. The highest BCUT2D eigenvalue weighted by Crippen LogP contribution is 2.12. The summed E-state index contributed by atoms with van der Waals surface area (Å²) >= 11 is 0. The number of benzene rings is 1. The lowest BCUT2D eigenvalue weighted by molar-refractivity contribution is -0.105. The van der Waals surface area contributed by atoms with Crippen LogP contribution in [0.15, 0.2) is 48.8 Å². The molecule has 0 fully saturated rings. The van der Waals surface area contributed by atoms with Gasteiger partial charge in [-0.1, -0.05) is 6.07 Å². The first kappa shape index (κ1) is 11.8. The highest BCUT2D eigenvalue weighted by Gasteiger charge is 2.06. The maximum atomic E-state index is 11.9. The first-order valence-corrected chi connectivity index (χ1v) is 5.31. The number of rotatable bonds is 4. The Kier molecular flexibility index (Phi) is 3.66. The van der Waals surface area contributed by atoms with Crippen molar-refractivity contribution in [1.29, 1.82) is 0 Å². The largest absolute Gasteiger partial charge is 0.329 e. The SMILES string of the molecule is O=CNc1cccc(C(=O)Nc2ccncc2)c1. The summed E-state index contributed by atoms with van der Waals surface area (Å²) in [6, 6.07) is 10.1. The number of hydrogen-bond donors (Lipinski definition) is 2. The van der Waals surface area contributed by atoms with E-state index in [0.29, 0.717) is 23.3 Å². The number of carbonyl (C=O) groups excluding carboxylic acids is 2. The van der Waals surface area contributed by atoms with Gasteiger partial charge in [0.1, 0.15) is 0 Å². The maximum Gasteiger partial charge on any atom is 0.255 e. The Labute approximate surface area is 104 Å². The topological polar surface area (TPSA) is 71.1 Å². The van der Waals surface area contributed by atoms with Crippen LogP contribution in [0.5, 0.6) is 0 Å². The molecule has 1 aromatic heterocycles. The van der Waals surface area contributed by atoms with Gasteiger partial charge in [0.2, 0.25) is 6.41 Å². The molecule has 0 aliphatic heterocycles. The standard InChI is InChI=1S/C13H11N3O2/c17-9-15-12-3-1-2-10(8-12)13(18)16-11-4-6-14-7-5-11/h1-9H,(H,15,17)(H,14,16,18). The lowest BCUT2D eigenvalue weighted by Crippen LogP contribution is -2.12. The molecule has 0 unspecified atom stereocenters. The minimum absolute atomic E-state index is 0.240. The van der Waals surface area contributed by atoms with Gasteiger partial charge in [-0.05, 0) is 30.3 Å². The molecule has 0 spiro atoms. The van der Waals surface area contributed by atoms with E-state index in [4.69, 9.17) is 0 Å². The zero-order chi connectivity index (χ0) is 12.8. The van der Waals surface area contributed by atoms with Gasteiger partial charge in [0.05, 0.1) is 0 Å². The van der Waals surface area contributed by atoms with Crippen LogP contribution in [0.3, 0.4) is 0 Å². The minimum Gasteiger partial charge on any atom is -0.329 e. The monoisotopic (exact) mass is 241 g/mol. The second kappa shape index (κ2) is 5.58. The van der Waals surface area contributed by atoms with Crippen LogP contribution in [-0.4, -0.2) is 17.3 Å². The molecule has 0 bridgehead atoms. The second-order valence-corrected chi connectivity index (χ2v) is 3.53. The van der Waals surface area contributed by atoms with E-state index < -0.39 is 0 Å². The molecule has 2 N–H and O–H groups in total. The lowest BCUT2D eigenvalue weighted by Gasteiger charge is -2.06. The Morgan fingerprint density at radius 2 is 1.89 bits per heavy atom. The third-order valence-electron chi connectivity index (χ3n) is 2.29. The quantitative estimate of drug-likeness (QED) is 0.803. The number of nitrogens with one attached hydrogen (secondary N) is 2. The highest BCUT2D eigenvalue weighted by atomic mass is 16.1. The van der Waals surface area contributed by atoms with Gasteiger partial charge < -0.3 is 10.6 Å². The summed E-state index contributed by atoms with van der Waals surface area (Å²) in [7, 11) is 0. The van der Waals surface area contributed by atoms with Crippen LogP contribution >= 0.6 is 0 Å². The first-order chi connectivity index (χ1) is 8.79. The predicted molar refractivity (Wildman–Crippen MR) is 68.3 cm³/mol. The van der Waals surface area contributed by atoms with Crippen molar-refractivity contribution in [3.05, 3.63) is 54.4 Å². The van der Waals surface area contributed by atoms with E-state index in [1.807, 2.05) is 0 Å². The summed E-state index contributed by atoms with van der Waals surface area (Å²) in [6.45, 7) is 0. The number of amides is 2. The Morgan fingerprint density at radius 1 is 1.11 bits per heavy atom. The van der Waals surface area contributed by atoms with Gasteiger partial charge in [-0.3, -0.25) is 14.6 Å². The average molecular weight is 241 g/mol. The molecule has 2 rings (SSSR count). The summed E-state index contributed by atoms with van der Waals surface area (Å²) in [4.78, 5) is 26.1. The van der Waals surface area contributed by atoms with E-state index in [0.717, 1.165) is 0 Å². The fourth-order valence-electron chi connectivity index (χ4n) is 1.46. The van der Waals surface area contributed by atoms with E-state index in [2.05, 4.69) is 15.6 Å². The minimum atomic E-state index is -0.240. The van der Waals surface area contributed by atoms with Crippen LogP contribution in [0, 0.1) is 0 Å². The van der Waals surface area contributed by atoms with Crippen LogP contribution < -0.4 is 10.6 Å². The normalized spacial score (nSPS) is 9.56. The predicted octanol–water partition coefficient (Wildman–Crippen LogP) is 1.90. The van der Waals surface area contributed by atoms with Crippen molar-refractivity contribution in [2.24, 2.45) is 0 Å². The Morgan fingerprint density at radius 3 is 2.61 bits per heavy atom. The average Bonchev–Trinajstić information content (AvgIpc) is 2.40. The van der Waals surface area contributed by atoms with Gasteiger partial charge in [0, 0.05) is 29.3 Å². The second-order valence-electron chi connectivity index (χ2n) is 3.53. The summed E-state index contributed by atoms with van der Waals surface area (Å²) in [5.41, 5.74) is 1.72.